The van der Waals surface area contributed by atoms with Gasteiger partial charge in [-0.2, -0.15) is 0 Å². The van der Waals surface area contributed by atoms with Crippen molar-refractivity contribution in [1.29, 1.82) is 0 Å². The van der Waals surface area contributed by atoms with E-state index in [0.29, 0.717) is 13.2 Å². The monoisotopic (exact) mass is 198 g/mol. The van der Waals surface area contributed by atoms with Gasteiger partial charge in [0.15, 0.2) is 0 Å². The number of hydrogen-bond donors (Lipinski definition) is 1. The Morgan fingerprint density at radius 3 is 3.14 bits per heavy atom. The van der Waals surface area contributed by atoms with Gasteiger partial charge in [-0.3, -0.25) is 4.79 Å². The van der Waals surface area contributed by atoms with Crippen LogP contribution in [0.15, 0.2) is 5.11 Å². The molecule has 0 aromatic rings. The van der Waals surface area contributed by atoms with Crippen molar-refractivity contribution in [3.63, 3.8) is 0 Å². The summed E-state index contributed by atoms with van der Waals surface area (Å²) >= 11 is 0. The molecule has 6 heteroatoms. The van der Waals surface area contributed by atoms with E-state index < -0.39 is 0 Å². The van der Waals surface area contributed by atoms with Gasteiger partial charge in [-0.25, -0.2) is 0 Å². The lowest BCUT2D eigenvalue weighted by atomic mass is 10.0. The molecule has 0 bridgehead atoms. The highest BCUT2D eigenvalue weighted by atomic mass is 16.5. The molecule has 0 spiro atoms. The lowest BCUT2D eigenvalue weighted by molar-refractivity contribution is -0.131. The van der Waals surface area contributed by atoms with Crippen LogP contribution in [0.5, 0.6) is 0 Å². The van der Waals surface area contributed by atoms with Gasteiger partial charge in [-0.15, -0.1) is 0 Å². The van der Waals surface area contributed by atoms with Crippen molar-refractivity contribution in [1.82, 2.24) is 5.32 Å². The Hall–Kier alpha value is -1.26. The first-order chi connectivity index (χ1) is 6.75. The zero-order valence-electron chi connectivity index (χ0n) is 8.14. The maximum absolute atomic E-state index is 11.4. The van der Waals surface area contributed by atoms with Gasteiger partial charge in [-0.05, 0) is 17.9 Å². The second-order valence-corrected chi connectivity index (χ2v) is 3.30. The van der Waals surface area contributed by atoms with E-state index in [1.807, 2.05) is 6.92 Å². The van der Waals surface area contributed by atoms with Gasteiger partial charge in [0.2, 0.25) is 5.91 Å². The number of nitrogens with one attached hydrogen (secondary N) is 1. The molecule has 1 aliphatic heterocycles. The molecule has 0 aromatic carbocycles. The number of carbonyl (C=O) groups is 1. The van der Waals surface area contributed by atoms with Gasteiger partial charge < -0.3 is 10.1 Å². The van der Waals surface area contributed by atoms with E-state index in [1.54, 1.807) is 0 Å². The lowest BCUT2D eigenvalue weighted by Gasteiger charge is -2.13. The second-order valence-electron chi connectivity index (χ2n) is 3.30. The van der Waals surface area contributed by atoms with E-state index in [-0.39, 0.29) is 24.5 Å². The summed E-state index contributed by atoms with van der Waals surface area (Å²) in [5.74, 6) is 0.164. The quantitative estimate of drug-likeness (QED) is 0.314. The molecule has 1 saturated heterocycles. The highest BCUT2D eigenvalue weighted by Crippen LogP contribution is 2.19. The first-order valence-electron chi connectivity index (χ1n) is 4.66. The highest BCUT2D eigenvalue weighted by Gasteiger charge is 2.30. The molecule has 78 valence electrons. The first-order valence-corrected chi connectivity index (χ1v) is 4.66. The number of nitrogens with zero attached hydrogens (tertiary/aromatic N) is 3. The SMILES string of the molecule is CC1CCOC1C(=O)NCCN=[N+]=[N-]. The molecule has 0 aliphatic carbocycles. The molecule has 2 unspecified atom stereocenters. The Labute approximate surface area is 82.2 Å². The van der Waals surface area contributed by atoms with Crippen LogP contribution in [0.3, 0.4) is 0 Å². The largest absolute Gasteiger partial charge is 0.368 e. The predicted octanol–water partition coefficient (Wildman–Crippen LogP) is 0.838. The summed E-state index contributed by atoms with van der Waals surface area (Å²) in [7, 11) is 0. The van der Waals surface area contributed by atoms with Crippen LogP contribution >= 0.6 is 0 Å². The number of rotatable bonds is 4. The van der Waals surface area contributed by atoms with Gasteiger partial charge >= 0.3 is 0 Å². The van der Waals surface area contributed by atoms with Crippen molar-refractivity contribution in [3.05, 3.63) is 10.4 Å². The van der Waals surface area contributed by atoms with Crippen LogP contribution in [0.1, 0.15) is 13.3 Å². The molecule has 2 atom stereocenters. The Morgan fingerprint density at radius 2 is 2.57 bits per heavy atom. The van der Waals surface area contributed by atoms with Gasteiger partial charge in [0, 0.05) is 24.6 Å². The van der Waals surface area contributed by atoms with E-state index in [2.05, 4.69) is 15.3 Å². The normalized spacial score (nSPS) is 25.5. The molecular weight excluding hydrogens is 184 g/mol. The summed E-state index contributed by atoms with van der Waals surface area (Å²) in [5.41, 5.74) is 8.01. The van der Waals surface area contributed by atoms with Gasteiger partial charge in [0.05, 0.1) is 0 Å². The van der Waals surface area contributed by atoms with Crippen molar-refractivity contribution in [2.24, 2.45) is 11.0 Å². The van der Waals surface area contributed by atoms with Gasteiger partial charge in [-0.1, -0.05) is 12.0 Å². The third-order valence-corrected chi connectivity index (χ3v) is 2.22. The molecule has 0 aromatic heterocycles. The van der Waals surface area contributed by atoms with E-state index in [0.717, 1.165) is 6.42 Å². The average molecular weight is 198 g/mol. The minimum atomic E-state index is -0.332. The topological polar surface area (TPSA) is 87.1 Å². The molecule has 1 amide bonds. The minimum absolute atomic E-state index is 0.108. The van der Waals surface area contributed by atoms with Crippen molar-refractivity contribution < 1.29 is 9.53 Å². The fourth-order valence-electron chi connectivity index (χ4n) is 1.41. The summed E-state index contributed by atoms with van der Waals surface area (Å²) in [4.78, 5) is 14.0. The number of azide groups is 1. The maximum Gasteiger partial charge on any atom is 0.249 e. The van der Waals surface area contributed by atoms with Crippen LogP contribution in [0.25, 0.3) is 10.4 Å². The minimum Gasteiger partial charge on any atom is -0.368 e. The lowest BCUT2D eigenvalue weighted by Crippen LogP contribution is -2.38. The summed E-state index contributed by atoms with van der Waals surface area (Å²) in [6.07, 6.45) is 0.593. The molecule has 1 aliphatic rings. The Morgan fingerprint density at radius 1 is 1.79 bits per heavy atom. The first kappa shape index (κ1) is 10.8. The van der Waals surface area contributed by atoms with Crippen molar-refractivity contribution in [2.45, 2.75) is 19.4 Å². The number of carbonyl (C=O) groups excluding carboxylic acids is 1. The second kappa shape index (κ2) is 5.47. The van der Waals surface area contributed by atoms with Crippen LogP contribution in [0, 0.1) is 5.92 Å². The summed E-state index contributed by atoms with van der Waals surface area (Å²) < 4.78 is 5.27. The Bertz CT molecular complexity index is 250. The standard InChI is InChI=1S/C8H14N4O2/c1-6-2-5-14-7(6)8(13)10-3-4-11-12-9/h6-7H,2-5H2,1H3,(H,10,13). The smallest absolute Gasteiger partial charge is 0.249 e. The van der Waals surface area contributed by atoms with E-state index in [4.69, 9.17) is 10.3 Å². The molecule has 1 rings (SSSR count). The Balaban J connectivity index is 2.24. The van der Waals surface area contributed by atoms with Crippen molar-refractivity contribution >= 4 is 5.91 Å². The maximum atomic E-state index is 11.4. The van der Waals surface area contributed by atoms with E-state index in [1.165, 1.54) is 0 Å². The summed E-state index contributed by atoms with van der Waals surface area (Å²) in [6.45, 7) is 3.29. The van der Waals surface area contributed by atoms with Crippen LogP contribution in [0.2, 0.25) is 0 Å². The molecule has 0 radical (unpaired) electrons. The third kappa shape index (κ3) is 2.90. The molecule has 1 heterocycles. The summed E-state index contributed by atoms with van der Waals surface area (Å²) in [5, 5.41) is 5.98. The molecule has 0 saturated carbocycles. The van der Waals surface area contributed by atoms with Crippen molar-refractivity contribution in [3.8, 4) is 0 Å². The van der Waals surface area contributed by atoms with Crippen LogP contribution in [0.4, 0.5) is 0 Å². The molecule has 14 heavy (non-hydrogen) atoms. The van der Waals surface area contributed by atoms with E-state index >= 15 is 0 Å². The highest BCUT2D eigenvalue weighted by molar-refractivity contribution is 5.81. The average Bonchev–Trinajstić information content (AvgIpc) is 2.59. The predicted molar refractivity (Wildman–Crippen MR) is 50.5 cm³/mol. The molecule has 1 fully saturated rings. The zero-order valence-corrected chi connectivity index (χ0v) is 8.14. The van der Waals surface area contributed by atoms with Gasteiger partial charge in [0.1, 0.15) is 6.10 Å². The number of hydrogen-bond acceptors (Lipinski definition) is 3. The van der Waals surface area contributed by atoms with Crippen LogP contribution in [-0.4, -0.2) is 31.7 Å². The van der Waals surface area contributed by atoms with Gasteiger partial charge in [0.25, 0.3) is 0 Å². The third-order valence-electron chi connectivity index (χ3n) is 2.22. The molecule has 6 nitrogen and oxygen atoms in total. The van der Waals surface area contributed by atoms with Crippen LogP contribution in [-0.2, 0) is 9.53 Å². The van der Waals surface area contributed by atoms with Crippen LogP contribution < -0.4 is 5.32 Å². The summed E-state index contributed by atoms with van der Waals surface area (Å²) in [6, 6.07) is 0. The fraction of sp³-hybridized carbons (Fsp3) is 0.875. The van der Waals surface area contributed by atoms with Crippen molar-refractivity contribution in [2.75, 3.05) is 19.7 Å². The molecular formula is C8H14N4O2. The fourth-order valence-corrected chi connectivity index (χ4v) is 1.41. The van der Waals surface area contributed by atoms with E-state index in [9.17, 15) is 4.79 Å². The zero-order chi connectivity index (χ0) is 10.4. The number of amides is 1. The number of ether oxygens (including phenoxy) is 1. The Kier molecular flexibility index (Phi) is 4.22. The molecule has 1 N–H and O–H groups in total.